The minimum atomic E-state index is -0.546. The fraction of sp³-hybridized carbons (Fsp3) is 0.417. The molecule has 7 heteroatoms. The van der Waals surface area contributed by atoms with Crippen molar-refractivity contribution in [2.24, 2.45) is 0 Å². The van der Waals surface area contributed by atoms with Crippen LogP contribution in [0.2, 0.25) is 0 Å². The van der Waals surface area contributed by atoms with Gasteiger partial charge in [0.1, 0.15) is 5.56 Å². The third-order valence-corrected chi connectivity index (χ3v) is 2.65. The van der Waals surface area contributed by atoms with E-state index >= 15 is 0 Å². The summed E-state index contributed by atoms with van der Waals surface area (Å²) in [4.78, 5) is 22.2. The topological polar surface area (TPSA) is 84.3 Å². The Bertz CT molecular complexity index is 466. The number of halogens is 1. The smallest absolute Gasteiger partial charge is 0.282 e. The van der Waals surface area contributed by atoms with Gasteiger partial charge in [-0.2, -0.15) is 0 Å². The molecule has 0 aromatic heterocycles. The Labute approximate surface area is 118 Å². The van der Waals surface area contributed by atoms with Crippen LogP contribution in [0.5, 0.6) is 0 Å². The molecule has 0 saturated carbocycles. The van der Waals surface area contributed by atoms with Gasteiger partial charge in [0.05, 0.1) is 4.92 Å². The Morgan fingerprint density at radius 3 is 2.63 bits per heavy atom. The number of nitro groups is 1. The molecule has 1 aromatic carbocycles. The quantitative estimate of drug-likeness (QED) is 0.637. The van der Waals surface area contributed by atoms with Crippen molar-refractivity contribution in [2.45, 2.75) is 19.9 Å². The second-order valence-corrected chi connectivity index (χ2v) is 4.18. The van der Waals surface area contributed by atoms with Gasteiger partial charge in [0.2, 0.25) is 0 Å². The first-order valence-corrected chi connectivity index (χ1v) is 5.66. The van der Waals surface area contributed by atoms with Crippen LogP contribution in [0.3, 0.4) is 0 Å². The van der Waals surface area contributed by atoms with Crippen molar-refractivity contribution >= 4 is 24.0 Å². The zero-order chi connectivity index (χ0) is 13.7. The Balaban J connectivity index is 0.00000324. The van der Waals surface area contributed by atoms with Crippen molar-refractivity contribution < 1.29 is 9.72 Å². The van der Waals surface area contributed by atoms with Crippen LogP contribution in [-0.2, 0) is 0 Å². The van der Waals surface area contributed by atoms with Gasteiger partial charge in [-0.05, 0) is 32.5 Å². The molecule has 2 N–H and O–H groups in total. The predicted octanol–water partition coefficient (Wildman–Crippen LogP) is 1.66. The first kappa shape index (κ1) is 17.3. The number of carbonyl (C=O) groups excluding carboxylic acids is 1. The molecule has 0 radical (unpaired) electrons. The Morgan fingerprint density at radius 2 is 2.11 bits per heavy atom. The number of nitrogens with one attached hydrogen (secondary N) is 2. The van der Waals surface area contributed by atoms with Crippen LogP contribution in [0.25, 0.3) is 0 Å². The summed E-state index contributed by atoms with van der Waals surface area (Å²) >= 11 is 0. The number of hydrogen-bond acceptors (Lipinski definition) is 4. The highest BCUT2D eigenvalue weighted by Crippen LogP contribution is 2.19. The van der Waals surface area contributed by atoms with Gasteiger partial charge < -0.3 is 10.6 Å². The third-order valence-electron chi connectivity index (χ3n) is 2.65. The number of benzene rings is 1. The standard InChI is InChI=1S/C12H17N3O3.ClH/c1-8-4-5-11(15(17)18)10(6-8)12(16)14-7-9(2)13-3;/h4-6,9,13H,7H2,1-3H3,(H,14,16);1H. The molecule has 0 aliphatic rings. The Kier molecular flexibility index (Phi) is 7.03. The van der Waals surface area contributed by atoms with Crippen molar-refractivity contribution in [1.29, 1.82) is 0 Å². The highest BCUT2D eigenvalue weighted by Gasteiger charge is 2.19. The lowest BCUT2D eigenvalue weighted by Gasteiger charge is -2.11. The molecule has 0 saturated heterocycles. The summed E-state index contributed by atoms with van der Waals surface area (Å²) in [6, 6.07) is 4.60. The van der Waals surface area contributed by atoms with Gasteiger partial charge in [0, 0.05) is 18.7 Å². The average molecular weight is 288 g/mol. The number of rotatable bonds is 5. The second kappa shape index (κ2) is 7.70. The Hall–Kier alpha value is -1.66. The molecule has 0 aliphatic carbocycles. The number of carbonyl (C=O) groups is 1. The number of hydrogen-bond donors (Lipinski definition) is 2. The molecular formula is C12H18ClN3O3. The molecule has 1 unspecified atom stereocenters. The van der Waals surface area contributed by atoms with E-state index in [4.69, 9.17) is 0 Å². The van der Waals surface area contributed by atoms with Gasteiger partial charge in [-0.1, -0.05) is 6.07 Å². The summed E-state index contributed by atoms with van der Waals surface area (Å²) in [5.41, 5.74) is 0.742. The van der Waals surface area contributed by atoms with Crippen molar-refractivity contribution in [3.05, 3.63) is 39.4 Å². The van der Waals surface area contributed by atoms with Gasteiger partial charge in [0.25, 0.3) is 11.6 Å². The van der Waals surface area contributed by atoms with Crippen LogP contribution < -0.4 is 10.6 Å². The summed E-state index contributed by atoms with van der Waals surface area (Å²) in [5, 5.41) is 16.5. The highest BCUT2D eigenvalue weighted by atomic mass is 35.5. The predicted molar refractivity (Wildman–Crippen MR) is 75.9 cm³/mol. The molecule has 0 bridgehead atoms. The largest absolute Gasteiger partial charge is 0.350 e. The van der Waals surface area contributed by atoms with E-state index < -0.39 is 10.8 Å². The molecule has 0 heterocycles. The number of nitro benzene ring substituents is 1. The lowest BCUT2D eigenvalue weighted by molar-refractivity contribution is -0.385. The number of likely N-dealkylation sites (N-methyl/N-ethyl adjacent to an activating group) is 1. The third kappa shape index (κ3) is 4.84. The summed E-state index contributed by atoms with van der Waals surface area (Å²) < 4.78 is 0. The van der Waals surface area contributed by atoms with Gasteiger partial charge in [-0.25, -0.2) is 0 Å². The first-order valence-electron chi connectivity index (χ1n) is 5.66. The first-order chi connectivity index (χ1) is 8.45. The summed E-state index contributed by atoms with van der Waals surface area (Å²) in [5.74, 6) is -0.424. The lowest BCUT2D eigenvalue weighted by Crippen LogP contribution is -2.37. The molecule has 1 atom stereocenters. The molecule has 1 rings (SSSR count). The van der Waals surface area contributed by atoms with Crippen LogP contribution in [-0.4, -0.2) is 30.5 Å². The van der Waals surface area contributed by atoms with Crippen LogP contribution in [0.1, 0.15) is 22.8 Å². The maximum atomic E-state index is 11.9. The van der Waals surface area contributed by atoms with E-state index in [1.54, 1.807) is 20.0 Å². The summed E-state index contributed by atoms with van der Waals surface area (Å²) in [6.07, 6.45) is 0. The van der Waals surface area contributed by atoms with Crippen LogP contribution in [0.4, 0.5) is 5.69 Å². The molecule has 0 spiro atoms. The van der Waals surface area contributed by atoms with E-state index in [2.05, 4.69) is 10.6 Å². The molecule has 0 aliphatic heterocycles. The molecule has 0 fully saturated rings. The number of aryl methyl sites for hydroxylation is 1. The average Bonchev–Trinajstić information content (AvgIpc) is 2.34. The fourth-order valence-electron chi connectivity index (χ4n) is 1.43. The van der Waals surface area contributed by atoms with E-state index in [-0.39, 0.29) is 29.7 Å². The highest BCUT2D eigenvalue weighted by molar-refractivity contribution is 5.98. The molecule has 6 nitrogen and oxygen atoms in total. The maximum Gasteiger partial charge on any atom is 0.282 e. The van der Waals surface area contributed by atoms with E-state index in [1.165, 1.54) is 12.1 Å². The van der Waals surface area contributed by atoms with Gasteiger partial charge >= 0.3 is 0 Å². The van der Waals surface area contributed by atoms with Crippen molar-refractivity contribution in [3.8, 4) is 0 Å². The van der Waals surface area contributed by atoms with Crippen LogP contribution >= 0.6 is 12.4 Å². The Morgan fingerprint density at radius 1 is 1.47 bits per heavy atom. The number of nitrogens with zero attached hydrogens (tertiary/aromatic N) is 1. The van der Waals surface area contributed by atoms with E-state index in [0.29, 0.717) is 6.54 Å². The van der Waals surface area contributed by atoms with Crippen molar-refractivity contribution in [2.75, 3.05) is 13.6 Å². The zero-order valence-electron chi connectivity index (χ0n) is 11.1. The second-order valence-electron chi connectivity index (χ2n) is 4.18. The maximum absolute atomic E-state index is 11.9. The zero-order valence-corrected chi connectivity index (χ0v) is 11.9. The molecule has 19 heavy (non-hydrogen) atoms. The molecule has 106 valence electrons. The minimum absolute atomic E-state index is 0. The van der Waals surface area contributed by atoms with Gasteiger partial charge in [-0.15, -0.1) is 12.4 Å². The van der Waals surface area contributed by atoms with Crippen LogP contribution in [0.15, 0.2) is 18.2 Å². The monoisotopic (exact) mass is 287 g/mol. The minimum Gasteiger partial charge on any atom is -0.350 e. The molecule has 1 amide bonds. The van der Waals surface area contributed by atoms with Gasteiger partial charge in [-0.3, -0.25) is 14.9 Å². The van der Waals surface area contributed by atoms with E-state index in [9.17, 15) is 14.9 Å². The molecular weight excluding hydrogens is 270 g/mol. The summed E-state index contributed by atoms with van der Waals surface area (Å²) in [6.45, 7) is 4.11. The SMILES string of the molecule is CNC(C)CNC(=O)c1cc(C)ccc1[N+](=O)[O-].Cl. The molecule has 1 aromatic rings. The fourth-order valence-corrected chi connectivity index (χ4v) is 1.43. The van der Waals surface area contributed by atoms with E-state index in [1.807, 2.05) is 6.92 Å². The van der Waals surface area contributed by atoms with E-state index in [0.717, 1.165) is 5.56 Å². The summed E-state index contributed by atoms with van der Waals surface area (Å²) in [7, 11) is 1.78. The van der Waals surface area contributed by atoms with Gasteiger partial charge in [0.15, 0.2) is 0 Å². The van der Waals surface area contributed by atoms with Crippen molar-refractivity contribution in [3.63, 3.8) is 0 Å². The lowest BCUT2D eigenvalue weighted by atomic mass is 10.1. The van der Waals surface area contributed by atoms with Crippen LogP contribution in [0, 0.1) is 17.0 Å². The normalized spacial score (nSPS) is 11.3. The van der Waals surface area contributed by atoms with Crippen molar-refractivity contribution in [1.82, 2.24) is 10.6 Å². The number of amides is 1.